The van der Waals surface area contributed by atoms with Gasteiger partial charge in [-0.1, -0.05) is 0 Å². The number of nitrogens with one attached hydrogen (secondary N) is 1. The highest BCUT2D eigenvalue weighted by atomic mass is 15.0. The van der Waals surface area contributed by atoms with E-state index in [1.807, 2.05) is 18.7 Å². The molecular formula is C5H9N2+. The Morgan fingerprint density at radius 1 is 1.71 bits per heavy atom. The van der Waals surface area contributed by atoms with E-state index in [2.05, 4.69) is 16.5 Å². The van der Waals surface area contributed by atoms with E-state index >= 15 is 0 Å². The quantitative estimate of drug-likeness (QED) is 0.487. The first-order chi connectivity index (χ1) is 3.43. The summed E-state index contributed by atoms with van der Waals surface area (Å²) in [7, 11) is 0. The van der Waals surface area contributed by atoms with E-state index < -0.39 is 0 Å². The Morgan fingerprint density at radius 2 is 2.57 bits per heavy atom. The predicted molar refractivity (Wildman–Crippen MR) is 26.7 cm³/mol. The first-order valence-electron chi connectivity index (χ1n) is 2.45. The summed E-state index contributed by atoms with van der Waals surface area (Å²) in [5.74, 6) is 0. The largest absolute Gasteiger partial charge is 0.250 e. The molecule has 0 unspecified atom stereocenters. The molecule has 0 aliphatic heterocycles. The lowest BCUT2D eigenvalue weighted by molar-refractivity contribution is -0.692. The van der Waals surface area contributed by atoms with Crippen molar-refractivity contribution in [3.63, 3.8) is 0 Å². The number of hydrogen-bond donors (Lipinski definition) is 1. The summed E-state index contributed by atoms with van der Waals surface area (Å²) in [5.41, 5.74) is 0. The van der Waals surface area contributed by atoms with Gasteiger partial charge in [-0.2, -0.15) is 0 Å². The second kappa shape index (κ2) is 1.78. The van der Waals surface area contributed by atoms with Crippen molar-refractivity contribution in [2.75, 3.05) is 0 Å². The molecule has 0 spiro atoms. The van der Waals surface area contributed by atoms with Gasteiger partial charge >= 0.3 is 0 Å². The fourth-order valence-electron chi connectivity index (χ4n) is 0.517. The van der Waals surface area contributed by atoms with Gasteiger partial charge in [0.05, 0.1) is 6.54 Å². The van der Waals surface area contributed by atoms with Gasteiger partial charge in [0.15, 0.2) is 0 Å². The van der Waals surface area contributed by atoms with Crippen LogP contribution in [0.15, 0.2) is 18.7 Å². The second-order valence-corrected chi connectivity index (χ2v) is 1.44. The van der Waals surface area contributed by atoms with E-state index in [-0.39, 0.29) is 0 Å². The van der Waals surface area contributed by atoms with Crippen molar-refractivity contribution in [1.29, 1.82) is 0 Å². The normalized spacial score (nSPS) is 9.29. The van der Waals surface area contributed by atoms with Crippen LogP contribution < -0.4 is 4.57 Å². The summed E-state index contributed by atoms with van der Waals surface area (Å²) in [6, 6.07) is 0. The van der Waals surface area contributed by atoms with Crippen molar-refractivity contribution in [1.82, 2.24) is 4.98 Å². The average Bonchev–Trinajstić information content (AvgIpc) is 2.14. The fourth-order valence-corrected chi connectivity index (χ4v) is 0.517. The van der Waals surface area contributed by atoms with Crippen LogP contribution in [0.5, 0.6) is 0 Å². The van der Waals surface area contributed by atoms with Gasteiger partial charge in [0.25, 0.3) is 0 Å². The van der Waals surface area contributed by atoms with E-state index in [9.17, 15) is 0 Å². The van der Waals surface area contributed by atoms with Crippen molar-refractivity contribution in [2.45, 2.75) is 13.5 Å². The van der Waals surface area contributed by atoms with Crippen LogP contribution in [0.4, 0.5) is 0 Å². The number of rotatable bonds is 1. The molecule has 2 heteroatoms. The summed E-state index contributed by atoms with van der Waals surface area (Å²) in [6.07, 6.45) is 5.84. The number of aromatic nitrogens is 2. The first kappa shape index (κ1) is 4.37. The Morgan fingerprint density at radius 3 is 2.86 bits per heavy atom. The smallest absolute Gasteiger partial charge is 0.241 e. The molecule has 0 radical (unpaired) electrons. The van der Waals surface area contributed by atoms with Crippen molar-refractivity contribution in [3.8, 4) is 0 Å². The Kier molecular flexibility index (Phi) is 1.11. The molecule has 0 saturated carbocycles. The summed E-state index contributed by atoms with van der Waals surface area (Å²) < 4.78 is 2.07. The third kappa shape index (κ3) is 0.796. The molecule has 1 N–H and O–H groups in total. The average molecular weight is 97.1 g/mol. The summed E-state index contributed by atoms with van der Waals surface area (Å²) in [6.45, 7) is 3.15. The lowest BCUT2D eigenvalue weighted by Crippen LogP contribution is -2.27. The fraction of sp³-hybridized carbons (Fsp3) is 0.400. The van der Waals surface area contributed by atoms with E-state index in [1.165, 1.54) is 0 Å². The van der Waals surface area contributed by atoms with Crippen LogP contribution in [0.3, 0.4) is 0 Å². The zero-order valence-electron chi connectivity index (χ0n) is 4.39. The maximum atomic E-state index is 2.94. The van der Waals surface area contributed by atoms with Gasteiger partial charge in [-0.05, 0) is 6.92 Å². The Bertz CT molecular complexity index is 121. The molecule has 0 aromatic carbocycles. The topological polar surface area (TPSA) is 19.7 Å². The number of imidazole rings is 1. The van der Waals surface area contributed by atoms with Gasteiger partial charge in [0.2, 0.25) is 6.33 Å². The molecule has 1 aromatic heterocycles. The minimum atomic E-state index is 1.05. The number of H-pyrrole nitrogens is 1. The van der Waals surface area contributed by atoms with E-state index in [1.54, 1.807) is 0 Å². The van der Waals surface area contributed by atoms with E-state index in [0.717, 1.165) is 6.54 Å². The lowest BCUT2D eigenvalue weighted by atomic mass is 10.7. The molecule has 7 heavy (non-hydrogen) atoms. The monoisotopic (exact) mass is 97.1 g/mol. The molecule has 0 aliphatic rings. The van der Waals surface area contributed by atoms with Gasteiger partial charge in [-0.3, -0.25) is 4.98 Å². The van der Waals surface area contributed by atoms with Crippen LogP contribution in [-0.2, 0) is 6.54 Å². The first-order valence-corrected chi connectivity index (χ1v) is 2.45. The van der Waals surface area contributed by atoms with Gasteiger partial charge in [0, 0.05) is 0 Å². The maximum Gasteiger partial charge on any atom is 0.241 e. The van der Waals surface area contributed by atoms with Crippen LogP contribution in [-0.4, -0.2) is 4.98 Å². The molecule has 1 rings (SSSR count). The van der Waals surface area contributed by atoms with Crippen LogP contribution >= 0.6 is 0 Å². The molecular weight excluding hydrogens is 88.1 g/mol. The second-order valence-electron chi connectivity index (χ2n) is 1.44. The molecule has 0 fully saturated rings. The molecule has 38 valence electrons. The predicted octanol–water partition coefficient (Wildman–Crippen LogP) is 0.322. The van der Waals surface area contributed by atoms with Crippen LogP contribution in [0.25, 0.3) is 0 Å². The van der Waals surface area contributed by atoms with Crippen molar-refractivity contribution < 1.29 is 4.57 Å². The number of hydrogen-bond acceptors (Lipinski definition) is 0. The Hall–Kier alpha value is -0.790. The number of aromatic amines is 1. The molecule has 1 heterocycles. The highest BCUT2D eigenvalue weighted by molar-refractivity contribution is 4.54. The highest BCUT2D eigenvalue weighted by Gasteiger charge is 1.85. The molecule has 0 saturated heterocycles. The molecule has 0 amide bonds. The van der Waals surface area contributed by atoms with Crippen molar-refractivity contribution in [2.24, 2.45) is 0 Å². The molecule has 1 aromatic rings. The number of nitrogens with zero attached hydrogens (tertiary/aromatic N) is 1. The molecule has 0 bridgehead atoms. The lowest BCUT2D eigenvalue weighted by Gasteiger charge is -1.79. The summed E-state index contributed by atoms with van der Waals surface area (Å²) in [5, 5.41) is 0. The molecule has 0 atom stereocenters. The van der Waals surface area contributed by atoms with Crippen LogP contribution in [0.1, 0.15) is 6.92 Å². The van der Waals surface area contributed by atoms with Gasteiger partial charge in [0.1, 0.15) is 12.4 Å². The summed E-state index contributed by atoms with van der Waals surface area (Å²) >= 11 is 0. The Balaban J connectivity index is 2.76. The van der Waals surface area contributed by atoms with E-state index in [4.69, 9.17) is 0 Å². The van der Waals surface area contributed by atoms with Crippen LogP contribution in [0, 0.1) is 0 Å². The Labute approximate surface area is 42.8 Å². The van der Waals surface area contributed by atoms with Gasteiger partial charge in [-0.25, -0.2) is 4.57 Å². The van der Waals surface area contributed by atoms with Crippen LogP contribution in [0.2, 0.25) is 0 Å². The standard InChI is InChI=1S/C5H8N2/c1-2-7-4-3-6-5-7/h3-5H,2H2,1H3/p+1. The number of aryl methyl sites for hydroxylation is 1. The zero-order valence-corrected chi connectivity index (χ0v) is 4.39. The third-order valence-electron chi connectivity index (χ3n) is 0.968. The SMILES string of the molecule is CC[n+]1cc[nH]c1. The van der Waals surface area contributed by atoms with Crippen molar-refractivity contribution in [3.05, 3.63) is 18.7 Å². The summed E-state index contributed by atoms with van der Waals surface area (Å²) in [4.78, 5) is 2.94. The molecule has 2 nitrogen and oxygen atoms in total. The van der Waals surface area contributed by atoms with Gasteiger partial charge in [-0.15, -0.1) is 0 Å². The molecule has 0 aliphatic carbocycles. The van der Waals surface area contributed by atoms with Crippen molar-refractivity contribution >= 4 is 0 Å². The maximum absolute atomic E-state index is 2.94. The minimum Gasteiger partial charge on any atom is -0.250 e. The third-order valence-corrected chi connectivity index (χ3v) is 0.968. The highest BCUT2D eigenvalue weighted by Crippen LogP contribution is 1.65. The zero-order chi connectivity index (χ0) is 5.11. The van der Waals surface area contributed by atoms with E-state index in [0.29, 0.717) is 0 Å². The minimum absolute atomic E-state index is 1.05. The van der Waals surface area contributed by atoms with Gasteiger partial charge < -0.3 is 0 Å².